The number of halogens is 1. The minimum atomic E-state index is -1.05. The van der Waals surface area contributed by atoms with Gasteiger partial charge in [0.15, 0.2) is 5.60 Å². The first kappa shape index (κ1) is 18.3. The maximum Gasteiger partial charge on any atom is 0.337 e. The molecule has 0 N–H and O–H groups in total. The second-order valence-electron chi connectivity index (χ2n) is 6.61. The highest BCUT2D eigenvalue weighted by molar-refractivity contribution is 6.30. The van der Waals surface area contributed by atoms with E-state index in [1.54, 1.807) is 61.2 Å². The van der Waals surface area contributed by atoms with E-state index in [-0.39, 0.29) is 11.9 Å². The van der Waals surface area contributed by atoms with Crippen LogP contribution in [0.3, 0.4) is 0 Å². The average molecular weight is 374 g/mol. The summed E-state index contributed by atoms with van der Waals surface area (Å²) >= 11 is 5.89. The van der Waals surface area contributed by atoms with E-state index in [0.29, 0.717) is 29.3 Å². The lowest BCUT2D eigenvalue weighted by Gasteiger charge is -2.30. The van der Waals surface area contributed by atoms with Crippen molar-refractivity contribution in [3.8, 4) is 5.75 Å². The molecular formula is C20H20ClNO4. The fraction of sp³-hybridized carbons (Fsp3) is 0.300. The van der Waals surface area contributed by atoms with E-state index in [9.17, 15) is 9.59 Å². The van der Waals surface area contributed by atoms with Crippen LogP contribution >= 0.6 is 11.6 Å². The molecule has 26 heavy (non-hydrogen) atoms. The largest absolute Gasteiger partial charge is 0.478 e. The van der Waals surface area contributed by atoms with E-state index >= 15 is 0 Å². The molecule has 136 valence electrons. The van der Waals surface area contributed by atoms with E-state index in [4.69, 9.17) is 21.1 Å². The topological polar surface area (TPSA) is 55.8 Å². The van der Waals surface area contributed by atoms with Crippen LogP contribution in [0.25, 0.3) is 0 Å². The molecular weight excluding hydrogens is 354 g/mol. The molecule has 3 rings (SSSR count). The molecule has 0 saturated carbocycles. The van der Waals surface area contributed by atoms with Crippen molar-refractivity contribution in [1.82, 2.24) is 0 Å². The Balaban J connectivity index is 1.81. The van der Waals surface area contributed by atoms with Crippen LogP contribution in [-0.4, -0.2) is 31.1 Å². The Hall–Kier alpha value is -2.53. The van der Waals surface area contributed by atoms with Gasteiger partial charge in [-0.05, 0) is 68.3 Å². The number of fused-ring (bicyclic) bond motifs is 1. The highest BCUT2D eigenvalue weighted by Crippen LogP contribution is 2.32. The number of amides is 1. The van der Waals surface area contributed by atoms with Crippen LogP contribution in [0.5, 0.6) is 5.75 Å². The van der Waals surface area contributed by atoms with Crippen molar-refractivity contribution in [1.29, 1.82) is 0 Å². The molecule has 0 unspecified atom stereocenters. The third kappa shape index (κ3) is 3.53. The first-order chi connectivity index (χ1) is 12.3. The molecule has 0 bridgehead atoms. The van der Waals surface area contributed by atoms with Crippen LogP contribution < -0.4 is 9.64 Å². The standard InChI is InChI=1S/C20H20ClNO4/c1-20(2,26-16-7-5-15(21)6-8-16)19(24)22-11-10-13-12-14(18(23)25-3)4-9-17(13)22/h4-9,12H,10-11H2,1-3H3. The lowest BCUT2D eigenvalue weighted by atomic mass is 10.1. The Kier molecular flexibility index (Phi) is 4.92. The molecule has 5 nitrogen and oxygen atoms in total. The van der Waals surface area contributed by atoms with Gasteiger partial charge < -0.3 is 14.4 Å². The van der Waals surface area contributed by atoms with Gasteiger partial charge in [-0.2, -0.15) is 0 Å². The number of carbonyl (C=O) groups is 2. The number of esters is 1. The number of ether oxygens (including phenoxy) is 2. The summed E-state index contributed by atoms with van der Waals surface area (Å²) in [7, 11) is 1.35. The van der Waals surface area contributed by atoms with Crippen molar-refractivity contribution in [3.63, 3.8) is 0 Å². The van der Waals surface area contributed by atoms with Crippen LogP contribution in [0, 0.1) is 0 Å². The summed E-state index contributed by atoms with van der Waals surface area (Å²) in [6.45, 7) is 4.03. The fourth-order valence-corrected chi connectivity index (χ4v) is 3.15. The summed E-state index contributed by atoms with van der Waals surface area (Å²) in [5.41, 5.74) is 1.19. The monoisotopic (exact) mass is 373 g/mol. The number of carbonyl (C=O) groups excluding carboxylic acids is 2. The highest BCUT2D eigenvalue weighted by atomic mass is 35.5. The third-order valence-electron chi connectivity index (χ3n) is 4.34. The van der Waals surface area contributed by atoms with Crippen LogP contribution in [0.4, 0.5) is 5.69 Å². The molecule has 1 amide bonds. The molecule has 1 heterocycles. The van der Waals surface area contributed by atoms with Crippen molar-refractivity contribution < 1.29 is 19.1 Å². The van der Waals surface area contributed by atoms with E-state index < -0.39 is 5.60 Å². The Morgan fingerprint density at radius 1 is 1.12 bits per heavy atom. The summed E-state index contributed by atoms with van der Waals surface area (Å²) in [5.74, 6) is 0.0502. The number of hydrogen-bond acceptors (Lipinski definition) is 4. The molecule has 2 aromatic carbocycles. The highest BCUT2D eigenvalue weighted by Gasteiger charge is 2.37. The predicted molar refractivity (Wildman–Crippen MR) is 100.0 cm³/mol. The summed E-state index contributed by atoms with van der Waals surface area (Å²) in [5, 5.41) is 0.608. The summed E-state index contributed by atoms with van der Waals surface area (Å²) in [6, 6.07) is 12.1. The van der Waals surface area contributed by atoms with E-state index in [0.717, 1.165) is 11.3 Å². The zero-order chi connectivity index (χ0) is 18.9. The fourth-order valence-electron chi connectivity index (χ4n) is 3.02. The van der Waals surface area contributed by atoms with Gasteiger partial charge in [0.05, 0.1) is 12.7 Å². The summed E-state index contributed by atoms with van der Waals surface area (Å²) in [4.78, 5) is 26.4. The normalized spacial score (nSPS) is 13.3. The molecule has 0 atom stereocenters. The molecule has 0 saturated heterocycles. The first-order valence-electron chi connectivity index (χ1n) is 8.29. The number of hydrogen-bond donors (Lipinski definition) is 0. The Morgan fingerprint density at radius 2 is 1.81 bits per heavy atom. The van der Waals surface area contributed by atoms with Crippen LogP contribution in [0.1, 0.15) is 29.8 Å². The van der Waals surface area contributed by atoms with Gasteiger partial charge in [-0.25, -0.2) is 4.79 Å². The lowest BCUT2D eigenvalue weighted by Crippen LogP contribution is -2.48. The Morgan fingerprint density at radius 3 is 2.46 bits per heavy atom. The number of benzene rings is 2. The van der Waals surface area contributed by atoms with Crippen LogP contribution in [0.15, 0.2) is 42.5 Å². The first-order valence-corrected chi connectivity index (χ1v) is 8.67. The van der Waals surface area contributed by atoms with Crippen molar-refractivity contribution >= 4 is 29.2 Å². The predicted octanol–water partition coefficient (Wildman–Crippen LogP) is 3.87. The SMILES string of the molecule is COC(=O)c1ccc2c(c1)CCN2C(=O)C(C)(C)Oc1ccc(Cl)cc1. The second kappa shape index (κ2) is 7.00. The molecule has 1 aliphatic heterocycles. The van der Waals surface area contributed by atoms with Crippen molar-refractivity contribution in [3.05, 3.63) is 58.6 Å². The number of methoxy groups -OCH3 is 1. The Bertz CT molecular complexity index is 845. The van der Waals surface area contributed by atoms with Gasteiger partial charge in [0, 0.05) is 17.3 Å². The molecule has 0 spiro atoms. The van der Waals surface area contributed by atoms with Crippen LogP contribution in [0.2, 0.25) is 5.02 Å². The van der Waals surface area contributed by atoms with Gasteiger partial charge in [-0.3, -0.25) is 4.79 Å². The zero-order valence-corrected chi connectivity index (χ0v) is 15.7. The molecule has 0 fully saturated rings. The number of nitrogens with zero attached hydrogens (tertiary/aromatic N) is 1. The van der Waals surface area contributed by atoms with Crippen LogP contribution in [-0.2, 0) is 16.0 Å². The number of anilines is 1. The Labute approximate surface area is 157 Å². The lowest BCUT2D eigenvalue weighted by molar-refractivity contribution is -0.131. The van der Waals surface area contributed by atoms with Gasteiger partial charge in [-0.1, -0.05) is 11.6 Å². The maximum atomic E-state index is 13.1. The minimum Gasteiger partial charge on any atom is -0.478 e. The zero-order valence-electron chi connectivity index (χ0n) is 14.9. The molecule has 2 aromatic rings. The van der Waals surface area contributed by atoms with Crippen molar-refractivity contribution in [2.45, 2.75) is 25.9 Å². The van der Waals surface area contributed by atoms with Crippen molar-refractivity contribution in [2.75, 3.05) is 18.6 Å². The molecule has 0 aromatic heterocycles. The molecule has 1 aliphatic rings. The average Bonchev–Trinajstić information content (AvgIpc) is 3.05. The van der Waals surface area contributed by atoms with Gasteiger partial charge in [0.2, 0.25) is 0 Å². The van der Waals surface area contributed by atoms with Gasteiger partial charge in [-0.15, -0.1) is 0 Å². The van der Waals surface area contributed by atoms with Gasteiger partial charge in [0.25, 0.3) is 5.91 Å². The molecule has 0 aliphatic carbocycles. The molecule has 0 radical (unpaired) electrons. The third-order valence-corrected chi connectivity index (χ3v) is 4.59. The summed E-state index contributed by atoms with van der Waals surface area (Å²) < 4.78 is 10.7. The quantitative estimate of drug-likeness (QED) is 0.763. The second-order valence-corrected chi connectivity index (χ2v) is 7.04. The van der Waals surface area contributed by atoms with E-state index in [2.05, 4.69) is 0 Å². The number of rotatable bonds is 4. The van der Waals surface area contributed by atoms with E-state index in [1.165, 1.54) is 7.11 Å². The summed E-state index contributed by atoms with van der Waals surface area (Å²) in [6.07, 6.45) is 0.683. The smallest absolute Gasteiger partial charge is 0.337 e. The van der Waals surface area contributed by atoms with Crippen molar-refractivity contribution in [2.24, 2.45) is 0 Å². The van der Waals surface area contributed by atoms with Gasteiger partial charge >= 0.3 is 5.97 Å². The van der Waals surface area contributed by atoms with Gasteiger partial charge in [0.1, 0.15) is 5.75 Å². The van der Waals surface area contributed by atoms with E-state index in [1.807, 2.05) is 0 Å². The minimum absolute atomic E-state index is 0.142. The maximum absolute atomic E-state index is 13.1. The molecule has 6 heteroatoms.